The lowest BCUT2D eigenvalue weighted by atomic mass is 10.2. The van der Waals surface area contributed by atoms with Gasteiger partial charge in [0.1, 0.15) is 22.9 Å². The maximum absolute atomic E-state index is 14.0. The van der Waals surface area contributed by atoms with E-state index in [1.54, 1.807) is 39.6 Å². The SMILES string of the molecule is C=CCO[C@@H](c1ncc(C)cn1)[C@H](C)S(=O)(=O)N(Cc1ccc(OC)cc1)Cc1ccc(OC)cc1. The first-order chi connectivity index (χ1) is 17.3. The number of nitrogens with zero attached hydrogens (tertiary/aromatic N) is 3. The molecule has 8 nitrogen and oxygen atoms in total. The molecule has 9 heteroatoms. The first-order valence-corrected chi connectivity index (χ1v) is 13.0. The number of hydrogen-bond acceptors (Lipinski definition) is 7. The Morgan fingerprint density at radius 1 is 0.917 bits per heavy atom. The Balaban J connectivity index is 1.97. The van der Waals surface area contributed by atoms with Crippen LogP contribution in [0.15, 0.2) is 73.6 Å². The normalized spacial score (nSPS) is 13.2. The van der Waals surface area contributed by atoms with Gasteiger partial charge in [0, 0.05) is 25.5 Å². The van der Waals surface area contributed by atoms with Crippen LogP contribution in [0.1, 0.15) is 35.5 Å². The summed E-state index contributed by atoms with van der Waals surface area (Å²) < 4.78 is 45.9. The van der Waals surface area contributed by atoms with E-state index in [1.165, 1.54) is 4.31 Å². The Morgan fingerprint density at radius 3 is 1.81 bits per heavy atom. The van der Waals surface area contributed by atoms with Gasteiger partial charge in [-0.3, -0.25) is 0 Å². The Labute approximate surface area is 213 Å². The van der Waals surface area contributed by atoms with Gasteiger partial charge in [-0.25, -0.2) is 18.4 Å². The molecule has 0 aliphatic heterocycles. The molecular formula is C27H33N3O5S. The average molecular weight is 512 g/mol. The minimum absolute atomic E-state index is 0.165. The van der Waals surface area contributed by atoms with Crippen LogP contribution in [0.3, 0.4) is 0 Å². The standard InChI is InChI=1S/C27H33N3O5S/c1-6-15-35-26(27-28-16-20(2)17-29-27)21(3)36(31,32)30(18-22-7-11-24(33-4)12-8-22)19-23-9-13-25(34-5)14-10-23/h6-14,16-17,21,26H,1,15,18-19H2,2-5H3/t21-,26+/m0/s1. The molecule has 192 valence electrons. The minimum Gasteiger partial charge on any atom is -0.497 e. The summed E-state index contributed by atoms with van der Waals surface area (Å²) in [6, 6.07) is 14.7. The molecule has 1 heterocycles. The highest BCUT2D eigenvalue weighted by Gasteiger charge is 2.37. The lowest BCUT2D eigenvalue weighted by Crippen LogP contribution is -2.40. The number of aryl methyl sites for hydroxylation is 1. The summed E-state index contributed by atoms with van der Waals surface area (Å²) >= 11 is 0. The van der Waals surface area contributed by atoms with Crippen LogP contribution in [0.25, 0.3) is 0 Å². The fourth-order valence-corrected chi connectivity index (χ4v) is 5.28. The molecule has 2 atom stereocenters. The van der Waals surface area contributed by atoms with Crippen molar-refractivity contribution in [2.75, 3.05) is 20.8 Å². The zero-order valence-corrected chi connectivity index (χ0v) is 21.9. The monoisotopic (exact) mass is 511 g/mol. The molecule has 36 heavy (non-hydrogen) atoms. The molecule has 0 spiro atoms. The van der Waals surface area contributed by atoms with Crippen molar-refractivity contribution in [1.29, 1.82) is 0 Å². The van der Waals surface area contributed by atoms with Crippen molar-refractivity contribution in [3.63, 3.8) is 0 Å². The molecule has 0 N–H and O–H groups in total. The van der Waals surface area contributed by atoms with Gasteiger partial charge in [0.15, 0.2) is 5.82 Å². The van der Waals surface area contributed by atoms with Gasteiger partial charge in [0.05, 0.1) is 20.8 Å². The lowest BCUT2D eigenvalue weighted by Gasteiger charge is -2.30. The molecule has 1 aromatic heterocycles. The number of benzene rings is 2. The predicted octanol–water partition coefficient (Wildman–Crippen LogP) is 4.47. The van der Waals surface area contributed by atoms with Crippen LogP contribution in [0, 0.1) is 6.92 Å². The van der Waals surface area contributed by atoms with Gasteiger partial charge in [-0.1, -0.05) is 30.3 Å². The molecule has 0 bridgehead atoms. The second-order valence-electron chi connectivity index (χ2n) is 8.38. The number of sulfonamides is 1. The maximum atomic E-state index is 14.0. The van der Waals surface area contributed by atoms with E-state index in [0.717, 1.165) is 16.7 Å². The summed E-state index contributed by atoms with van der Waals surface area (Å²) in [7, 11) is -0.703. The summed E-state index contributed by atoms with van der Waals surface area (Å²) in [5.74, 6) is 1.71. The minimum atomic E-state index is -3.89. The van der Waals surface area contributed by atoms with Gasteiger partial charge in [-0.05, 0) is 54.8 Å². The summed E-state index contributed by atoms with van der Waals surface area (Å²) in [6.07, 6.45) is 4.01. The van der Waals surface area contributed by atoms with Crippen LogP contribution in [0.2, 0.25) is 0 Å². The molecule has 0 fully saturated rings. The van der Waals surface area contributed by atoms with Gasteiger partial charge >= 0.3 is 0 Å². The predicted molar refractivity (Wildman–Crippen MR) is 139 cm³/mol. The number of aromatic nitrogens is 2. The first kappa shape index (κ1) is 27.3. The Bertz CT molecular complexity index is 1160. The molecule has 0 unspecified atom stereocenters. The highest BCUT2D eigenvalue weighted by atomic mass is 32.2. The van der Waals surface area contributed by atoms with Crippen molar-refractivity contribution in [3.05, 3.63) is 96.1 Å². The van der Waals surface area contributed by atoms with E-state index < -0.39 is 21.4 Å². The Morgan fingerprint density at radius 2 is 1.39 bits per heavy atom. The molecule has 3 aromatic rings. The highest BCUT2D eigenvalue weighted by Crippen LogP contribution is 2.29. The van der Waals surface area contributed by atoms with Crippen LogP contribution in [0.5, 0.6) is 11.5 Å². The van der Waals surface area contributed by atoms with Crippen LogP contribution in [0.4, 0.5) is 0 Å². The molecule has 0 amide bonds. The summed E-state index contributed by atoms with van der Waals surface area (Å²) in [5.41, 5.74) is 2.53. The summed E-state index contributed by atoms with van der Waals surface area (Å²) in [4.78, 5) is 8.70. The quantitative estimate of drug-likeness (QED) is 0.313. The first-order valence-electron chi connectivity index (χ1n) is 11.5. The van der Waals surface area contributed by atoms with Crippen LogP contribution >= 0.6 is 0 Å². The maximum Gasteiger partial charge on any atom is 0.220 e. The largest absolute Gasteiger partial charge is 0.497 e. The van der Waals surface area contributed by atoms with E-state index in [2.05, 4.69) is 16.5 Å². The zero-order valence-electron chi connectivity index (χ0n) is 21.1. The van der Waals surface area contributed by atoms with Crippen molar-refractivity contribution in [2.45, 2.75) is 38.3 Å². The highest BCUT2D eigenvalue weighted by molar-refractivity contribution is 7.89. The fourth-order valence-electron chi connectivity index (χ4n) is 3.64. The molecular weight excluding hydrogens is 478 g/mol. The topological polar surface area (TPSA) is 90.9 Å². The van der Waals surface area contributed by atoms with Crippen molar-refractivity contribution >= 4 is 10.0 Å². The third kappa shape index (κ3) is 6.90. The molecule has 0 aliphatic carbocycles. The molecule has 0 saturated heterocycles. The van der Waals surface area contributed by atoms with Crippen molar-refractivity contribution in [3.8, 4) is 11.5 Å². The van der Waals surface area contributed by atoms with E-state index in [9.17, 15) is 8.42 Å². The fraction of sp³-hybridized carbons (Fsp3) is 0.333. The van der Waals surface area contributed by atoms with Crippen molar-refractivity contribution < 1.29 is 22.6 Å². The van der Waals surface area contributed by atoms with E-state index in [1.807, 2.05) is 55.5 Å². The van der Waals surface area contributed by atoms with Crippen molar-refractivity contribution in [1.82, 2.24) is 14.3 Å². The average Bonchev–Trinajstić information content (AvgIpc) is 2.90. The zero-order chi connectivity index (χ0) is 26.1. The Kier molecular flexibility index (Phi) is 9.58. The second kappa shape index (κ2) is 12.6. The summed E-state index contributed by atoms with van der Waals surface area (Å²) in [6.45, 7) is 7.70. The van der Waals surface area contributed by atoms with Gasteiger partial charge in [0.25, 0.3) is 0 Å². The van der Waals surface area contributed by atoms with Gasteiger partial charge < -0.3 is 14.2 Å². The van der Waals surface area contributed by atoms with Crippen LogP contribution < -0.4 is 9.47 Å². The Hall–Kier alpha value is -3.27. The molecule has 3 rings (SSSR count). The van der Waals surface area contributed by atoms with E-state index in [0.29, 0.717) is 17.3 Å². The number of hydrogen-bond donors (Lipinski definition) is 0. The third-order valence-corrected chi connectivity index (χ3v) is 7.91. The van der Waals surface area contributed by atoms with Crippen LogP contribution in [-0.4, -0.2) is 48.8 Å². The number of methoxy groups -OCH3 is 2. The molecule has 0 saturated carbocycles. The third-order valence-electron chi connectivity index (χ3n) is 5.74. The lowest BCUT2D eigenvalue weighted by molar-refractivity contribution is 0.0654. The number of rotatable bonds is 13. The van der Waals surface area contributed by atoms with Crippen molar-refractivity contribution in [2.24, 2.45) is 0 Å². The number of ether oxygens (including phenoxy) is 3. The van der Waals surface area contributed by atoms with Gasteiger partial charge in [-0.2, -0.15) is 4.31 Å². The summed E-state index contributed by atoms with van der Waals surface area (Å²) in [5, 5.41) is -0.961. The smallest absolute Gasteiger partial charge is 0.220 e. The van der Waals surface area contributed by atoms with Gasteiger partial charge in [0.2, 0.25) is 10.0 Å². The van der Waals surface area contributed by atoms with Crippen LogP contribution in [-0.2, 0) is 27.8 Å². The molecule has 2 aromatic carbocycles. The second-order valence-corrected chi connectivity index (χ2v) is 10.7. The van der Waals surface area contributed by atoms with E-state index in [-0.39, 0.29) is 19.7 Å². The van der Waals surface area contributed by atoms with E-state index >= 15 is 0 Å². The molecule has 0 aliphatic rings. The van der Waals surface area contributed by atoms with E-state index in [4.69, 9.17) is 14.2 Å². The van der Waals surface area contributed by atoms with Gasteiger partial charge in [-0.15, -0.1) is 6.58 Å². The molecule has 0 radical (unpaired) electrons.